The molecule has 4 heteroatoms. The predicted molar refractivity (Wildman–Crippen MR) is 63.5 cm³/mol. The Morgan fingerprint density at radius 1 is 1.38 bits per heavy atom. The summed E-state index contributed by atoms with van der Waals surface area (Å²) in [4.78, 5) is 7.24. The summed E-state index contributed by atoms with van der Waals surface area (Å²) in [6, 6.07) is 0. The van der Waals surface area contributed by atoms with Crippen molar-refractivity contribution >= 4 is 0 Å². The Kier molecular flexibility index (Phi) is 2.48. The highest BCUT2D eigenvalue weighted by molar-refractivity contribution is 5.22. The number of hydrogen-bond acceptors (Lipinski definition) is 3. The SMILES string of the molecule is CN1CCC(c2nc3c(n2C)CCNC3)C1. The third kappa shape index (κ3) is 1.57. The van der Waals surface area contributed by atoms with Crippen LogP contribution in [0.25, 0.3) is 0 Å². The molecule has 88 valence electrons. The summed E-state index contributed by atoms with van der Waals surface area (Å²) in [5, 5.41) is 3.39. The average molecular weight is 220 g/mol. The van der Waals surface area contributed by atoms with Crippen LogP contribution in [0.3, 0.4) is 0 Å². The molecule has 0 bridgehead atoms. The molecule has 1 N–H and O–H groups in total. The smallest absolute Gasteiger partial charge is 0.113 e. The standard InChI is InChI=1S/C12H20N4/c1-15-6-4-9(8-15)12-14-10-7-13-5-3-11(10)16(12)2/h9,13H,3-8H2,1-2H3. The molecule has 1 fully saturated rings. The highest BCUT2D eigenvalue weighted by atomic mass is 15.2. The number of nitrogens with zero attached hydrogens (tertiary/aromatic N) is 3. The van der Waals surface area contributed by atoms with E-state index in [2.05, 4.69) is 28.9 Å². The van der Waals surface area contributed by atoms with Crippen LogP contribution in [0, 0.1) is 0 Å². The average Bonchev–Trinajstić information content (AvgIpc) is 2.84. The van der Waals surface area contributed by atoms with Crippen molar-refractivity contribution in [3.63, 3.8) is 0 Å². The Hall–Kier alpha value is -0.870. The summed E-state index contributed by atoms with van der Waals surface area (Å²) in [5.74, 6) is 1.94. The molecule has 1 atom stereocenters. The van der Waals surface area contributed by atoms with E-state index in [0.717, 1.165) is 26.1 Å². The second-order valence-corrected chi connectivity index (χ2v) is 5.10. The van der Waals surface area contributed by atoms with Crippen LogP contribution >= 0.6 is 0 Å². The molecule has 1 unspecified atom stereocenters. The normalized spacial score (nSPS) is 26.0. The van der Waals surface area contributed by atoms with Crippen LogP contribution in [0.5, 0.6) is 0 Å². The van der Waals surface area contributed by atoms with Gasteiger partial charge in [-0.05, 0) is 20.0 Å². The van der Waals surface area contributed by atoms with Crippen LogP contribution in [0.4, 0.5) is 0 Å². The van der Waals surface area contributed by atoms with Gasteiger partial charge < -0.3 is 14.8 Å². The highest BCUT2D eigenvalue weighted by Crippen LogP contribution is 2.27. The summed E-state index contributed by atoms with van der Waals surface area (Å²) >= 11 is 0. The van der Waals surface area contributed by atoms with Gasteiger partial charge in [0.15, 0.2) is 0 Å². The molecular formula is C12H20N4. The minimum atomic E-state index is 0.639. The van der Waals surface area contributed by atoms with Crippen molar-refractivity contribution in [1.82, 2.24) is 19.8 Å². The zero-order valence-corrected chi connectivity index (χ0v) is 10.2. The van der Waals surface area contributed by atoms with Crippen LogP contribution in [-0.2, 0) is 20.0 Å². The summed E-state index contributed by atoms with van der Waals surface area (Å²) in [6.07, 6.45) is 2.38. The molecule has 0 saturated carbocycles. The molecule has 0 aromatic carbocycles. The van der Waals surface area contributed by atoms with E-state index in [4.69, 9.17) is 4.98 Å². The molecule has 0 aliphatic carbocycles. The molecule has 16 heavy (non-hydrogen) atoms. The second-order valence-electron chi connectivity index (χ2n) is 5.10. The van der Waals surface area contributed by atoms with E-state index in [9.17, 15) is 0 Å². The maximum absolute atomic E-state index is 4.84. The highest BCUT2D eigenvalue weighted by Gasteiger charge is 2.27. The molecule has 2 aliphatic rings. The van der Waals surface area contributed by atoms with Gasteiger partial charge in [-0.2, -0.15) is 0 Å². The maximum atomic E-state index is 4.84. The van der Waals surface area contributed by atoms with E-state index in [-0.39, 0.29) is 0 Å². The van der Waals surface area contributed by atoms with Crippen LogP contribution in [0.15, 0.2) is 0 Å². The maximum Gasteiger partial charge on any atom is 0.113 e. The first-order chi connectivity index (χ1) is 7.75. The van der Waals surface area contributed by atoms with Gasteiger partial charge in [-0.1, -0.05) is 0 Å². The molecule has 4 nitrogen and oxygen atoms in total. The largest absolute Gasteiger partial charge is 0.334 e. The zero-order chi connectivity index (χ0) is 11.1. The van der Waals surface area contributed by atoms with Crippen molar-refractivity contribution < 1.29 is 0 Å². The fraction of sp³-hybridized carbons (Fsp3) is 0.750. The number of aromatic nitrogens is 2. The minimum Gasteiger partial charge on any atom is -0.334 e. The van der Waals surface area contributed by atoms with E-state index < -0.39 is 0 Å². The van der Waals surface area contributed by atoms with Crippen LogP contribution in [0.2, 0.25) is 0 Å². The third-order valence-corrected chi connectivity index (χ3v) is 3.92. The van der Waals surface area contributed by atoms with Gasteiger partial charge in [0.2, 0.25) is 0 Å². The Morgan fingerprint density at radius 3 is 2.94 bits per heavy atom. The number of fused-ring (bicyclic) bond motifs is 1. The number of rotatable bonds is 1. The summed E-state index contributed by atoms with van der Waals surface area (Å²) in [6.45, 7) is 4.42. The molecule has 1 aromatic heterocycles. The lowest BCUT2D eigenvalue weighted by molar-refractivity contribution is 0.408. The molecule has 3 rings (SSSR count). The fourth-order valence-corrected chi connectivity index (χ4v) is 2.99. The lowest BCUT2D eigenvalue weighted by Crippen LogP contribution is -2.24. The van der Waals surface area contributed by atoms with Crippen molar-refractivity contribution in [2.45, 2.75) is 25.3 Å². The van der Waals surface area contributed by atoms with Crippen LogP contribution < -0.4 is 5.32 Å². The first-order valence-corrected chi connectivity index (χ1v) is 6.19. The fourth-order valence-electron chi connectivity index (χ4n) is 2.99. The summed E-state index contributed by atoms with van der Waals surface area (Å²) in [7, 11) is 4.38. The molecule has 0 spiro atoms. The van der Waals surface area contributed by atoms with Gasteiger partial charge in [0.05, 0.1) is 5.69 Å². The Labute approximate surface area is 96.7 Å². The zero-order valence-electron chi connectivity index (χ0n) is 10.2. The first kappa shape index (κ1) is 10.3. The second kappa shape index (κ2) is 3.86. The quantitative estimate of drug-likeness (QED) is 0.747. The van der Waals surface area contributed by atoms with Gasteiger partial charge in [-0.3, -0.25) is 0 Å². The molecule has 1 aromatic rings. The minimum absolute atomic E-state index is 0.639. The first-order valence-electron chi connectivity index (χ1n) is 6.19. The van der Waals surface area contributed by atoms with Gasteiger partial charge in [-0.15, -0.1) is 0 Å². The Morgan fingerprint density at radius 2 is 2.25 bits per heavy atom. The number of imidazole rings is 1. The number of likely N-dealkylation sites (tertiary alicyclic amines) is 1. The lowest BCUT2D eigenvalue weighted by Gasteiger charge is -2.14. The van der Waals surface area contributed by atoms with Gasteiger partial charge in [0.25, 0.3) is 0 Å². The van der Waals surface area contributed by atoms with Crippen molar-refractivity contribution in [1.29, 1.82) is 0 Å². The molecule has 2 aliphatic heterocycles. The third-order valence-electron chi connectivity index (χ3n) is 3.92. The van der Waals surface area contributed by atoms with Crippen molar-refractivity contribution in [3.8, 4) is 0 Å². The van der Waals surface area contributed by atoms with Crippen molar-refractivity contribution in [2.75, 3.05) is 26.7 Å². The monoisotopic (exact) mass is 220 g/mol. The lowest BCUT2D eigenvalue weighted by atomic mass is 10.1. The van der Waals surface area contributed by atoms with Crippen molar-refractivity contribution in [2.24, 2.45) is 7.05 Å². The Balaban J connectivity index is 1.92. The van der Waals surface area contributed by atoms with E-state index in [1.54, 1.807) is 0 Å². The topological polar surface area (TPSA) is 33.1 Å². The molecule has 3 heterocycles. The van der Waals surface area contributed by atoms with Gasteiger partial charge >= 0.3 is 0 Å². The van der Waals surface area contributed by atoms with E-state index in [1.165, 1.54) is 30.2 Å². The predicted octanol–water partition coefficient (Wildman–Crippen LogP) is 0.485. The van der Waals surface area contributed by atoms with E-state index >= 15 is 0 Å². The van der Waals surface area contributed by atoms with Gasteiger partial charge in [0, 0.05) is 44.7 Å². The number of nitrogens with one attached hydrogen (secondary N) is 1. The molecule has 1 saturated heterocycles. The van der Waals surface area contributed by atoms with Gasteiger partial charge in [0.1, 0.15) is 5.82 Å². The number of likely N-dealkylation sites (N-methyl/N-ethyl adjacent to an activating group) is 1. The summed E-state index contributed by atoms with van der Waals surface area (Å²) < 4.78 is 2.35. The van der Waals surface area contributed by atoms with Crippen LogP contribution in [0.1, 0.15) is 29.6 Å². The van der Waals surface area contributed by atoms with Crippen LogP contribution in [-0.4, -0.2) is 41.1 Å². The van der Waals surface area contributed by atoms with Gasteiger partial charge in [-0.25, -0.2) is 4.98 Å². The molecule has 0 radical (unpaired) electrons. The van der Waals surface area contributed by atoms with Crippen molar-refractivity contribution in [3.05, 3.63) is 17.2 Å². The molecule has 0 amide bonds. The van der Waals surface area contributed by atoms with E-state index in [0.29, 0.717) is 5.92 Å². The summed E-state index contributed by atoms with van der Waals surface area (Å²) in [5.41, 5.74) is 2.72. The van der Waals surface area contributed by atoms with E-state index in [1.807, 2.05) is 0 Å². The number of hydrogen-bond donors (Lipinski definition) is 1. The molecular weight excluding hydrogens is 200 g/mol. The Bertz CT molecular complexity index is 396.